The molecule has 120 valence electrons. The predicted molar refractivity (Wildman–Crippen MR) is 85.9 cm³/mol. The molecule has 1 heterocycles. The van der Waals surface area contributed by atoms with Gasteiger partial charge >= 0.3 is 0 Å². The van der Waals surface area contributed by atoms with E-state index in [1.807, 2.05) is 30.3 Å². The van der Waals surface area contributed by atoms with Crippen molar-refractivity contribution in [3.8, 4) is 0 Å². The smallest absolute Gasteiger partial charge is 0.265 e. The second kappa shape index (κ2) is 6.75. The molecule has 5 N–H and O–H groups in total. The number of aliphatic imine (C=N–C) groups is 1. The molecule has 22 heavy (non-hydrogen) atoms. The fourth-order valence-electron chi connectivity index (χ4n) is 1.79. The zero-order chi connectivity index (χ0) is 16.3. The predicted octanol–water partition coefficient (Wildman–Crippen LogP) is -0.806. The minimum atomic E-state index is -3.79. The van der Waals surface area contributed by atoms with Crippen LogP contribution in [0.25, 0.3) is 0 Å². The zero-order valence-electron chi connectivity index (χ0n) is 11.8. The number of amidine groups is 1. The lowest BCUT2D eigenvalue weighted by Gasteiger charge is -2.12. The highest BCUT2D eigenvalue weighted by atomic mass is 32.3. The van der Waals surface area contributed by atoms with Crippen molar-refractivity contribution < 1.29 is 13.2 Å². The molecule has 0 bridgehead atoms. The summed E-state index contributed by atoms with van der Waals surface area (Å²) in [4.78, 5) is 15.9. The van der Waals surface area contributed by atoms with Gasteiger partial charge < -0.3 is 5.73 Å². The van der Waals surface area contributed by atoms with Crippen LogP contribution in [-0.4, -0.2) is 42.3 Å². The fourth-order valence-corrected chi connectivity index (χ4v) is 3.64. The molecule has 1 aromatic carbocycles. The molecule has 8 nitrogen and oxygen atoms in total. The summed E-state index contributed by atoms with van der Waals surface area (Å²) in [5.74, 6) is -0.518. The minimum Gasteiger partial charge on any atom is -0.320 e. The summed E-state index contributed by atoms with van der Waals surface area (Å²) in [5.41, 5.74) is 9.37. The average molecular weight is 343 g/mol. The lowest BCUT2D eigenvalue weighted by Crippen LogP contribution is -2.40. The monoisotopic (exact) mass is 343 g/mol. The molecule has 0 aromatic heterocycles. The van der Waals surface area contributed by atoms with Gasteiger partial charge in [-0.3, -0.25) is 9.80 Å². The largest absolute Gasteiger partial charge is 0.320 e. The van der Waals surface area contributed by atoms with Crippen LogP contribution in [0.15, 0.2) is 35.3 Å². The molecular formula is C12H17N5O3S2. The quantitative estimate of drug-likeness (QED) is 0.652. The first-order valence-corrected chi connectivity index (χ1v) is 8.86. The molecule has 0 saturated carbocycles. The number of hydrogen-bond donors (Lipinski definition) is 3. The number of primary sulfonamides is 1. The van der Waals surface area contributed by atoms with Crippen molar-refractivity contribution in [1.29, 1.82) is 0 Å². The van der Waals surface area contributed by atoms with Gasteiger partial charge in [0.2, 0.25) is 10.0 Å². The van der Waals surface area contributed by atoms with Crippen LogP contribution in [0.3, 0.4) is 0 Å². The first-order valence-electron chi connectivity index (χ1n) is 6.37. The molecule has 1 amide bonds. The molecule has 1 aromatic rings. The Labute approximate surface area is 133 Å². The van der Waals surface area contributed by atoms with Crippen molar-refractivity contribution >= 4 is 32.9 Å². The summed E-state index contributed by atoms with van der Waals surface area (Å²) in [6.07, 6.45) is 0.358. The van der Waals surface area contributed by atoms with Gasteiger partial charge in [-0.15, -0.1) is 0 Å². The first kappa shape index (κ1) is 16.9. The fraction of sp³-hybridized carbons (Fsp3) is 0.333. The highest BCUT2D eigenvalue weighted by Crippen LogP contribution is 2.23. The number of amides is 1. The number of benzene rings is 1. The van der Waals surface area contributed by atoms with E-state index in [2.05, 4.69) is 10.4 Å². The van der Waals surface area contributed by atoms with E-state index in [-0.39, 0.29) is 5.17 Å². The van der Waals surface area contributed by atoms with Crippen molar-refractivity contribution in [2.24, 2.45) is 15.9 Å². The molecule has 1 unspecified atom stereocenters. The third kappa shape index (κ3) is 4.27. The number of thioether (sulfide) groups is 1. The van der Waals surface area contributed by atoms with Gasteiger partial charge in [-0.05, 0) is 23.7 Å². The van der Waals surface area contributed by atoms with E-state index >= 15 is 0 Å². The maximum Gasteiger partial charge on any atom is 0.265 e. The molecule has 10 heteroatoms. The molecule has 1 aliphatic heterocycles. The summed E-state index contributed by atoms with van der Waals surface area (Å²) in [6.45, 7) is 0. The Hall–Kier alpha value is -1.46. The average Bonchev–Trinajstić information content (AvgIpc) is 2.81. The Kier molecular flexibility index (Phi) is 5.19. The number of sulfonamides is 1. The van der Waals surface area contributed by atoms with Crippen molar-refractivity contribution in [3.05, 3.63) is 35.9 Å². The summed E-state index contributed by atoms with van der Waals surface area (Å²) >= 11 is 0.853. The van der Waals surface area contributed by atoms with Gasteiger partial charge in [-0.25, -0.2) is 19.0 Å². The van der Waals surface area contributed by atoms with E-state index in [9.17, 15) is 13.2 Å². The van der Waals surface area contributed by atoms with Gasteiger partial charge in [0, 0.05) is 7.05 Å². The van der Waals surface area contributed by atoms with Crippen LogP contribution in [0, 0.1) is 0 Å². The van der Waals surface area contributed by atoms with Crippen LogP contribution in [0.2, 0.25) is 0 Å². The van der Waals surface area contributed by atoms with Crippen molar-refractivity contribution in [2.45, 2.75) is 17.2 Å². The molecule has 2 atom stereocenters. The van der Waals surface area contributed by atoms with Gasteiger partial charge in [-0.1, -0.05) is 30.3 Å². The molecule has 2 rings (SSSR count). The summed E-state index contributed by atoms with van der Waals surface area (Å²) in [7, 11) is -2.24. The lowest BCUT2D eigenvalue weighted by atomic mass is 10.1. The van der Waals surface area contributed by atoms with Gasteiger partial charge in [-0.2, -0.15) is 4.99 Å². The van der Waals surface area contributed by atoms with E-state index in [1.165, 1.54) is 5.01 Å². The Morgan fingerprint density at radius 2 is 2.09 bits per heavy atom. The number of carbonyl (C=O) groups is 1. The van der Waals surface area contributed by atoms with Gasteiger partial charge in [0.15, 0.2) is 9.87 Å². The SMILES string of the molecule is CN1NC(S(N)(=O)=O)SC1=NC(=O)[C@@H](N)Cc1ccccc1. The van der Waals surface area contributed by atoms with Crippen molar-refractivity contribution in [2.75, 3.05) is 7.05 Å². The van der Waals surface area contributed by atoms with Crippen LogP contribution < -0.4 is 16.3 Å². The van der Waals surface area contributed by atoms with Crippen LogP contribution >= 0.6 is 11.8 Å². The topological polar surface area (TPSA) is 131 Å². The van der Waals surface area contributed by atoms with E-state index in [1.54, 1.807) is 7.05 Å². The summed E-state index contributed by atoms with van der Waals surface area (Å²) in [6, 6.07) is 8.54. The summed E-state index contributed by atoms with van der Waals surface area (Å²) in [5, 5.41) is 6.61. The van der Waals surface area contributed by atoms with E-state index in [4.69, 9.17) is 10.9 Å². The number of rotatable bonds is 4. The molecule has 1 fully saturated rings. The number of nitrogens with zero attached hydrogens (tertiary/aromatic N) is 2. The van der Waals surface area contributed by atoms with Crippen LogP contribution in [0.5, 0.6) is 0 Å². The molecular weight excluding hydrogens is 326 g/mol. The van der Waals surface area contributed by atoms with Gasteiger partial charge in [0.25, 0.3) is 5.91 Å². The van der Waals surface area contributed by atoms with E-state index < -0.39 is 26.7 Å². The Balaban J connectivity index is 2.04. The molecule has 0 spiro atoms. The first-order chi connectivity index (χ1) is 10.3. The second-order valence-corrected chi connectivity index (χ2v) is 7.78. The van der Waals surface area contributed by atoms with Crippen LogP contribution in [-0.2, 0) is 21.2 Å². The Bertz CT molecular complexity index is 677. The molecule has 1 aliphatic rings. The van der Waals surface area contributed by atoms with Crippen molar-refractivity contribution in [3.63, 3.8) is 0 Å². The van der Waals surface area contributed by atoms with Crippen molar-refractivity contribution in [1.82, 2.24) is 10.4 Å². The highest BCUT2D eigenvalue weighted by molar-refractivity contribution is 8.22. The van der Waals surface area contributed by atoms with Crippen LogP contribution in [0.4, 0.5) is 0 Å². The number of carbonyl (C=O) groups excluding carboxylic acids is 1. The third-order valence-corrected chi connectivity index (χ3v) is 5.61. The van der Waals surface area contributed by atoms with Crippen LogP contribution in [0.1, 0.15) is 5.56 Å². The maximum absolute atomic E-state index is 12.0. The standard InChI is InChI=1S/C12H17N5O3S2/c1-17-11(21-12(16-17)22(14,19)20)15-10(18)9(13)7-8-5-3-2-4-6-8/h2-6,9,12,16H,7,13H2,1H3,(H2,14,19,20)/t9-,12?/m0/s1. The Morgan fingerprint density at radius 1 is 1.45 bits per heavy atom. The summed E-state index contributed by atoms with van der Waals surface area (Å²) < 4.78 is 21.5. The number of hydrogen-bond acceptors (Lipinski definition) is 6. The second-order valence-electron chi connectivity index (χ2n) is 4.76. The Morgan fingerprint density at radius 3 is 2.64 bits per heavy atom. The minimum absolute atomic E-state index is 0.215. The lowest BCUT2D eigenvalue weighted by molar-refractivity contribution is -0.119. The van der Waals surface area contributed by atoms with Gasteiger partial charge in [0.05, 0.1) is 6.04 Å². The third-order valence-electron chi connectivity index (χ3n) is 2.92. The molecule has 0 aliphatic carbocycles. The highest BCUT2D eigenvalue weighted by Gasteiger charge is 2.34. The van der Waals surface area contributed by atoms with E-state index in [0.29, 0.717) is 6.42 Å². The number of nitrogens with two attached hydrogens (primary N) is 2. The number of hydrazine groups is 1. The maximum atomic E-state index is 12.0. The normalized spacial score (nSPS) is 22.0. The van der Waals surface area contributed by atoms with E-state index in [0.717, 1.165) is 17.3 Å². The molecule has 0 radical (unpaired) electrons. The van der Waals surface area contributed by atoms with Gasteiger partial charge in [0.1, 0.15) is 0 Å². The zero-order valence-corrected chi connectivity index (χ0v) is 13.5. The number of nitrogens with one attached hydrogen (secondary N) is 1. The molecule has 1 saturated heterocycles.